The van der Waals surface area contributed by atoms with Crippen LogP contribution in [0.5, 0.6) is 0 Å². The van der Waals surface area contributed by atoms with Crippen molar-refractivity contribution < 1.29 is 23.6 Å². The highest BCUT2D eigenvalue weighted by atomic mass is 16.7. The van der Waals surface area contributed by atoms with E-state index in [9.17, 15) is 9.59 Å². The zero-order valence-electron chi connectivity index (χ0n) is 14.4. The zero-order chi connectivity index (χ0) is 16.9. The average molecular weight is 309 g/mol. The lowest BCUT2D eigenvalue weighted by Gasteiger charge is -2.32. The number of rotatable bonds is 1. The van der Waals surface area contributed by atoms with Gasteiger partial charge in [0.15, 0.2) is 0 Å². The van der Waals surface area contributed by atoms with Crippen LogP contribution < -0.4 is 0 Å². The topological polar surface area (TPSA) is 65.1 Å². The summed E-state index contributed by atoms with van der Waals surface area (Å²) in [5, 5.41) is 0. The molecule has 0 aromatic rings. The van der Waals surface area contributed by atoms with Crippen LogP contribution in [-0.4, -0.2) is 47.4 Å². The summed E-state index contributed by atoms with van der Waals surface area (Å²) in [6.45, 7) is 13.2. The van der Waals surface area contributed by atoms with Gasteiger partial charge in [0, 0.05) is 6.08 Å². The fourth-order valence-electron chi connectivity index (χ4n) is 2.15. The number of hydrogen-bond acceptors (Lipinski definition) is 5. The van der Waals surface area contributed by atoms with E-state index in [-0.39, 0.29) is 6.54 Å². The maximum atomic E-state index is 12.1. The first kappa shape index (κ1) is 17.0. The Morgan fingerprint density at radius 2 is 1.73 bits per heavy atom. The lowest BCUT2D eigenvalue weighted by atomic mass is 9.79. The Labute approximate surface area is 131 Å². The van der Waals surface area contributed by atoms with Crippen LogP contribution in [0.3, 0.4) is 0 Å². The van der Waals surface area contributed by atoms with E-state index in [1.807, 2.05) is 27.7 Å². The smallest absolute Gasteiger partial charge is 0.443 e. The Hall–Kier alpha value is -1.34. The van der Waals surface area contributed by atoms with Crippen LogP contribution in [0.4, 0.5) is 4.79 Å². The highest BCUT2D eigenvalue weighted by molar-refractivity contribution is 6.56. The molecule has 0 spiro atoms. The summed E-state index contributed by atoms with van der Waals surface area (Å²) in [5.74, 6) is -0.404. The van der Waals surface area contributed by atoms with Gasteiger partial charge in [-0.05, 0) is 53.9 Å². The molecule has 0 atom stereocenters. The van der Waals surface area contributed by atoms with Gasteiger partial charge in [0.25, 0.3) is 5.91 Å². The van der Waals surface area contributed by atoms with E-state index < -0.39 is 35.9 Å². The molecule has 2 heterocycles. The van der Waals surface area contributed by atoms with Crippen LogP contribution in [0.2, 0.25) is 0 Å². The summed E-state index contributed by atoms with van der Waals surface area (Å²) >= 11 is 0. The van der Waals surface area contributed by atoms with Crippen molar-refractivity contribution in [2.45, 2.75) is 65.3 Å². The third-order valence-electron chi connectivity index (χ3n) is 4.09. The lowest BCUT2D eigenvalue weighted by molar-refractivity contribution is -0.123. The number of nitrogens with zero attached hydrogens (tertiary/aromatic N) is 1. The molecule has 22 heavy (non-hydrogen) atoms. The van der Waals surface area contributed by atoms with Crippen molar-refractivity contribution in [1.82, 2.24) is 4.90 Å². The number of amides is 2. The van der Waals surface area contributed by atoms with Crippen molar-refractivity contribution in [1.29, 1.82) is 0 Å². The molecule has 0 saturated carbocycles. The summed E-state index contributed by atoms with van der Waals surface area (Å²) in [7, 11) is -0.624. The van der Waals surface area contributed by atoms with Gasteiger partial charge >= 0.3 is 13.2 Å². The highest BCUT2D eigenvalue weighted by Gasteiger charge is 2.53. The first-order valence-corrected chi connectivity index (χ1v) is 7.43. The second-order valence-corrected chi connectivity index (χ2v) is 7.71. The number of carbonyl (C=O) groups excluding carboxylic acids is 2. The minimum absolute atomic E-state index is 0.130. The van der Waals surface area contributed by atoms with E-state index in [0.29, 0.717) is 5.47 Å². The van der Waals surface area contributed by atoms with Crippen molar-refractivity contribution in [3.63, 3.8) is 0 Å². The summed E-state index contributed by atoms with van der Waals surface area (Å²) in [6, 6.07) is 0. The van der Waals surface area contributed by atoms with E-state index in [1.165, 1.54) is 6.08 Å². The monoisotopic (exact) mass is 309 g/mol. The van der Waals surface area contributed by atoms with Gasteiger partial charge in [-0.2, -0.15) is 0 Å². The Morgan fingerprint density at radius 3 is 2.18 bits per heavy atom. The molecule has 0 unspecified atom stereocenters. The summed E-state index contributed by atoms with van der Waals surface area (Å²) < 4.78 is 17.0. The maximum absolute atomic E-state index is 12.1. The largest absolute Gasteiger partial charge is 0.492 e. The minimum Gasteiger partial charge on any atom is -0.443 e. The van der Waals surface area contributed by atoms with E-state index in [1.54, 1.807) is 20.8 Å². The molecule has 0 radical (unpaired) electrons. The summed E-state index contributed by atoms with van der Waals surface area (Å²) in [6.07, 6.45) is 0.742. The number of imide groups is 1. The highest BCUT2D eigenvalue weighted by Crippen LogP contribution is 2.39. The molecule has 2 amide bonds. The van der Waals surface area contributed by atoms with Crippen LogP contribution in [0.15, 0.2) is 11.5 Å². The van der Waals surface area contributed by atoms with Crippen LogP contribution in [0, 0.1) is 0 Å². The minimum atomic E-state index is -0.653. The molecule has 0 N–H and O–H groups in total. The van der Waals surface area contributed by atoms with E-state index >= 15 is 0 Å². The average Bonchev–Trinajstić information content (AvgIpc) is 2.75. The standard InChI is InChI=1S/C15H24BNO5/c1-13(2,3)20-12(19)17-9-10(8-11(17)18)16-21-14(4,5)15(6,7)22-16/h8H,9H2,1-7H3. The molecule has 0 aliphatic carbocycles. The van der Waals surface area contributed by atoms with Crippen molar-refractivity contribution in [3.05, 3.63) is 11.5 Å². The van der Waals surface area contributed by atoms with Gasteiger partial charge in [-0.25, -0.2) is 9.69 Å². The van der Waals surface area contributed by atoms with Gasteiger partial charge in [-0.1, -0.05) is 0 Å². The van der Waals surface area contributed by atoms with Gasteiger partial charge < -0.3 is 14.0 Å². The van der Waals surface area contributed by atoms with Crippen molar-refractivity contribution in [3.8, 4) is 0 Å². The van der Waals surface area contributed by atoms with Crippen molar-refractivity contribution in [2.75, 3.05) is 6.54 Å². The van der Waals surface area contributed by atoms with Gasteiger partial charge in [0.05, 0.1) is 17.7 Å². The van der Waals surface area contributed by atoms with Gasteiger partial charge in [-0.3, -0.25) is 4.79 Å². The van der Waals surface area contributed by atoms with Crippen LogP contribution >= 0.6 is 0 Å². The third-order valence-corrected chi connectivity index (χ3v) is 4.09. The van der Waals surface area contributed by atoms with Crippen molar-refractivity contribution in [2.24, 2.45) is 0 Å². The molecule has 122 valence electrons. The van der Waals surface area contributed by atoms with Crippen LogP contribution in [-0.2, 0) is 18.8 Å². The van der Waals surface area contributed by atoms with E-state index in [4.69, 9.17) is 14.0 Å². The molecule has 0 bridgehead atoms. The third kappa shape index (κ3) is 3.20. The fourth-order valence-corrected chi connectivity index (χ4v) is 2.15. The predicted molar refractivity (Wildman–Crippen MR) is 82.1 cm³/mol. The number of carbonyl (C=O) groups is 2. The molecule has 1 fully saturated rings. The molecule has 2 rings (SSSR count). The van der Waals surface area contributed by atoms with Crippen molar-refractivity contribution >= 4 is 19.1 Å². The molecule has 6 nitrogen and oxygen atoms in total. The first-order valence-electron chi connectivity index (χ1n) is 7.43. The molecule has 0 aromatic heterocycles. The number of hydrogen-bond donors (Lipinski definition) is 0. The molecular formula is C15H24BNO5. The van der Waals surface area contributed by atoms with Gasteiger partial charge in [0.2, 0.25) is 0 Å². The first-order chi connectivity index (χ1) is 9.82. The van der Waals surface area contributed by atoms with Gasteiger partial charge in [-0.15, -0.1) is 0 Å². The molecule has 2 aliphatic heterocycles. The second-order valence-electron chi connectivity index (χ2n) is 7.71. The predicted octanol–water partition coefficient (Wildman–Crippen LogP) is 2.32. The summed E-state index contributed by atoms with van der Waals surface area (Å²) in [5.41, 5.74) is -0.985. The van der Waals surface area contributed by atoms with Crippen LogP contribution in [0.25, 0.3) is 0 Å². The fraction of sp³-hybridized carbons (Fsp3) is 0.733. The Morgan fingerprint density at radius 1 is 1.23 bits per heavy atom. The normalized spacial score (nSPS) is 23.8. The molecule has 0 aromatic carbocycles. The molecule has 1 saturated heterocycles. The summed E-state index contributed by atoms with van der Waals surface area (Å²) in [4.78, 5) is 25.1. The second kappa shape index (κ2) is 5.10. The molecule has 2 aliphatic rings. The Kier molecular flexibility index (Phi) is 3.94. The Bertz CT molecular complexity index is 517. The quantitative estimate of drug-likeness (QED) is 0.696. The SMILES string of the molecule is CC(C)(C)OC(=O)N1CC(B2OC(C)(C)C(C)(C)O2)=CC1=O. The van der Waals surface area contributed by atoms with Crippen LogP contribution in [0.1, 0.15) is 48.5 Å². The number of ether oxygens (including phenoxy) is 1. The Balaban J connectivity index is 2.07. The van der Waals surface area contributed by atoms with E-state index in [0.717, 1.165) is 4.90 Å². The molecular weight excluding hydrogens is 285 g/mol. The maximum Gasteiger partial charge on any atom is 0.492 e. The van der Waals surface area contributed by atoms with E-state index in [2.05, 4.69) is 0 Å². The zero-order valence-corrected chi connectivity index (χ0v) is 14.4. The van der Waals surface area contributed by atoms with Gasteiger partial charge in [0.1, 0.15) is 5.60 Å². The molecule has 7 heteroatoms. The lowest BCUT2D eigenvalue weighted by Crippen LogP contribution is -2.41.